The molecule has 2 saturated heterocycles. The van der Waals surface area contributed by atoms with Crippen LogP contribution in [0.25, 0.3) is 5.65 Å². The summed E-state index contributed by atoms with van der Waals surface area (Å²) in [5.74, 6) is 0.245. The fraction of sp³-hybridized carbons (Fsp3) is 0.474. The third-order valence-corrected chi connectivity index (χ3v) is 5.19. The van der Waals surface area contributed by atoms with Gasteiger partial charge in [-0.15, -0.1) is 10.2 Å². The summed E-state index contributed by atoms with van der Waals surface area (Å²) >= 11 is 0. The zero-order chi connectivity index (χ0) is 21.4. The highest BCUT2D eigenvalue weighted by Gasteiger charge is 2.38. The van der Waals surface area contributed by atoms with Crippen molar-refractivity contribution in [2.24, 2.45) is 0 Å². The molecule has 0 aromatic carbocycles. The van der Waals surface area contributed by atoms with Crippen LogP contribution in [0.15, 0.2) is 30.6 Å². The number of pyridine rings is 1. The molecule has 9 nitrogen and oxygen atoms in total. The molecule has 2 atom stereocenters. The summed E-state index contributed by atoms with van der Waals surface area (Å²) in [5, 5.41) is 11.5. The summed E-state index contributed by atoms with van der Waals surface area (Å²) in [6.07, 6.45) is -1.60. The molecular formula is C19H19F3N6O3. The van der Waals surface area contributed by atoms with Crippen LogP contribution < -0.4 is 10.1 Å². The maximum atomic E-state index is 13.3. The Balaban J connectivity index is 1.33. The monoisotopic (exact) mass is 436 g/mol. The predicted octanol–water partition coefficient (Wildman–Crippen LogP) is 2.65. The minimum atomic E-state index is -4.61. The Kier molecular flexibility index (Phi) is 5.10. The van der Waals surface area contributed by atoms with E-state index in [1.54, 1.807) is 0 Å². The maximum Gasteiger partial charge on any atom is 0.423 e. The van der Waals surface area contributed by atoms with E-state index in [4.69, 9.17) is 14.2 Å². The van der Waals surface area contributed by atoms with Crippen LogP contribution in [-0.2, 0) is 15.7 Å². The molecule has 164 valence electrons. The second kappa shape index (κ2) is 7.93. The number of nitrogens with zero attached hydrogens (tertiary/aromatic N) is 5. The summed E-state index contributed by atoms with van der Waals surface area (Å²) in [6, 6.07) is 5.48. The summed E-state index contributed by atoms with van der Waals surface area (Å²) < 4.78 is 58.0. The third-order valence-electron chi connectivity index (χ3n) is 5.19. The van der Waals surface area contributed by atoms with Crippen molar-refractivity contribution < 1.29 is 27.4 Å². The lowest BCUT2D eigenvalue weighted by atomic mass is 10.0. The second-order valence-corrected chi connectivity index (χ2v) is 7.40. The van der Waals surface area contributed by atoms with Gasteiger partial charge in [0.15, 0.2) is 11.5 Å². The van der Waals surface area contributed by atoms with Crippen molar-refractivity contribution in [1.82, 2.24) is 24.6 Å². The number of halogens is 3. The van der Waals surface area contributed by atoms with Crippen molar-refractivity contribution in [3.63, 3.8) is 0 Å². The van der Waals surface area contributed by atoms with Gasteiger partial charge in [0.05, 0.1) is 13.2 Å². The molecule has 0 radical (unpaired) electrons. The van der Waals surface area contributed by atoms with Crippen molar-refractivity contribution in [2.45, 2.75) is 37.3 Å². The van der Waals surface area contributed by atoms with E-state index in [1.165, 1.54) is 0 Å². The van der Waals surface area contributed by atoms with Crippen LogP contribution in [0.4, 0.5) is 19.1 Å². The Morgan fingerprint density at radius 3 is 2.84 bits per heavy atom. The first-order chi connectivity index (χ1) is 15.0. The SMILES string of the molecule is FC(F)(F)c1cnc(N[C@@H]2CCO[C@H](c3nnc4ccccn34)C2)nc1OC1COC1. The van der Waals surface area contributed by atoms with Gasteiger partial charge >= 0.3 is 6.18 Å². The molecule has 0 amide bonds. The van der Waals surface area contributed by atoms with Gasteiger partial charge in [-0.05, 0) is 18.6 Å². The van der Waals surface area contributed by atoms with E-state index in [9.17, 15) is 13.2 Å². The summed E-state index contributed by atoms with van der Waals surface area (Å²) in [7, 11) is 0. The van der Waals surface area contributed by atoms with Crippen molar-refractivity contribution in [1.29, 1.82) is 0 Å². The minimum absolute atomic E-state index is 0.0694. The van der Waals surface area contributed by atoms with Gasteiger partial charge in [0.1, 0.15) is 17.8 Å². The summed E-state index contributed by atoms with van der Waals surface area (Å²) in [6.45, 7) is 0.920. The Morgan fingerprint density at radius 2 is 2.06 bits per heavy atom. The van der Waals surface area contributed by atoms with Crippen LogP contribution >= 0.6 is 0 Å². The molecule has 5 heterocycles. The molecule has 12 heteroatoms. The van der Waals surface area contributed by atoms with Crippen LogP contribution in [0.3, 0.4) is 0 Å². The number of anilines is 1. The molecule has 2 aliphatic rings. The molecule has 2 aliphatic heterocycles. The Morgan fingerprint density at radius 1 is 1.19 bits per heavy atom. The first-order valence-corrected chi connectivity index (χ1v) is 9.84. The van der Waals surface area contributed by atoms with Crippen molar-refractivity contribution >= 4 is 11.6 Å². The van der Waals surface area contributed by atoms with Gasteiger partial charge < -0.3 is 19.5 Å². The number of ether oxygens (including phenoxy) is 3. The number of nitrogens with one attached hydrogen (secondary N) is 1. The van der Waals surface area contributed by atoms with E-state index in [0.29, 0.717) is 30.9 Å². The van der Waals surface area contributed by atoms with Gasteiger partial charge in [-0.3, -0.25) is 4.40 Å². The number of fused-ring (bicyclic) bond motifs is 1. The van der Waals surface area contributed by atoms with Gasteiger partial charge in [-0.25, -0.2) is 4.98 Å². The molecule has 31 heavy (non-hydrogen) atoms. The van der Waals surface area contributed by atoms with E-state index in [-0.39, 0.29) is 31.3 Å². The van der Waals surface area contributed by atoms with Crippen LogP contribution in [0.2, 0.25) is 0 Å². The number of aromatic nitrogens is 5. The molecule has 0 unspecified atom stereocenters. The van der Waals surface area contributed by atoms with E-state index in [1.807, 2.05) is 28.8 Å². The van der Waals surface area contributed by atoms with E-state index in [2.05, 4.69) is 25.5 Å². The molecular weight excluding hydrogens is 417 g/mol. The molecule has 0 bridgehead atoms. The smallest absolute Gasteiger partial charge is 0.423 e. The fourth-order valence-corrected chi connectivity index (χ4v) is 3.53. The van der Waals surface area contributed by atoms with Gasteiger partial charge in [0.2, 0.25) is 11.8 Å². The number of alkyl halides is 3. The number of hydrogen-bond donors (Lipinski definition) is 1. The van der Waals surface area contributed by atoms with E-state index < -0.39 is 23.7 Å². The predicted molar refractivity (Wildman–Crippen MR) is 101 cm³/mol. The zero-order valence-corrected chi connectivity index (χ0v) is 16.2. The van der Waals surface area contributed by atoms with Crippen LogP contribution in [0, 0.1) is 0 Å². The van der Waals surface area contributed by atoms with Crippen molar-refractivity contribution in [3.8, 4) is 5.88 Å². The topological polar surface area (TPSA) is 95.7 Å². The standard InChI is InChI=1S/C19H19F3N6O3/c20-19(21,22)13-8-23-18(25-17(13)31-12-9-29-10-12)24-11-4-6-30-14(7-11)16-27-26-15-3-1-2-5-28(15)16/h1-3,5,8,11-12,14H,4,6-7,9-10H2,(H,23,24,25)/t11-,14+/m1/s1. The van der Waals surface area contributed by atoms with Gasteiger partial charge in [-0.2, -0.15) is 18.2 Å². The highest BCUT2D eigenvalue weighted by atomic mass is 19.4. The molecule has 0 spiro atoms. The average molecular weight is 436 g/mol. The lowest BCUT2D eigenvalue weighted by Crippen LogP contribution is -2.39. The molecule has 1 N–H and O–H groups in total. The van der Waals surface area contributed by atoms with Crippen molar-refractivity contribution in [2.75, 3.05) is 25.1 Å². The summed E-state index contributed by atoms with van der Waals surface area (Å²) in [5.41, 5.74) is -0.297. The first kappa shape index (κ1) is 19.9. The Labute approximate surface area is 174 Å². The molecule has 3 aromatic rings. The lowest BCUT2D eigenvalue weighted by Gasteiger charge is -2.30. The van der Waals surface area contributed by atoms with E-state index >= 15 is 0 Å². The largest absolute Gasteiger partial charge is 0.469 e. The first-order valence-electron chi connectivity index (χ1n) is 9.84. The highest BCUT2D eigenvalue weighted by Crippen LogP contribution is 2.36. The number of hydrogen-bond acceptors (Lipinski definition) is 8. The fourth-order valence-electron chi connectivity index (χ4n) is 3.53. The minimum Gasteiger partial charge on any atom is -0.469 e. The van der Waals surface area contributed by atoms with E-state index in [0.717, 1.165) is 6.20 Å². The van der Waals surface area contributed by atoms with Crippen molar-refractivity contribution in [3.05, 3.63) is 42.0 Å². The van der Waals surface area contributed by atoms with Crippen LogP contribution in [0.1, 0.15) is 30.3 Å². The normalized spacial score (nSPS) is 22.3. The molecule has 2 fully saturated rings. The molecule has 5 rings (SSSR count). The van der Waals surface area contributed by atoms with Crippen LogP contribution in [-0.4, -0.2) is 56.5 Å². The summed E-state index contributed by atoms with van der Waals surface area (Å²) in [4.78, 5) is 7.86. The van der Waals surface area contributed by atoms with Crippen LogP contribution in [0.5, 0.6) is 5.88 Å². The maximum absolute atomic E-state index is 13.3. The lowest BCUT2D eigenvalue weighted by molar-refractivity contribution is -0.142. The molecule has 3 aromatic heterocycles. The average Bonchev–Trinajstić information content (AvgIpc) is 3.14. The third kappa shape index (κ3) is 4.12. The molecule has 0 saturated carbocycles. The second-order valence-electron chi connectivity index (χ2n) is 7.40. The Bertz CT molecular complexity index is 1070. The molecule has 0 aliphatic carbocycles. The van der Waals surface area contributed by atoms with Gasteiger partial charge in [0.25, 0.3) is 0 Å². The Hall–Kier alpha value is -2.99. The zero-order valence-electron chi connectivity index (χ0n) is 16.2. The number of rotatable bonds is 5. The highest BCUT2D eigenvalue weighted by molar-refractivity contribution is 5.38. The van der Waals surface area contributed by atoms with Gasteiger partial charge in [-0.1, -0.05) is 6.07 Å². The van der Waals surface area contributed by atoms with Gasteiger partial charge in [0, 0.05) is 31.5 Å². The quantitative estimate of drug-likeness (QED) is 0.652.